The molecular formula is C10H20N2O3. The van der Waals surface area contributed by atoms with Crippen LogP contribution in [0, 0.1) is 5.41 Å². The summed E-state index contributed by atoms with van der Waals surface area (Å²) in [5.74, 6) is 0.0834. The average molecular weight is 216 g/mol. The molecule has 1 aliphatic heterocycles. The van der Waals surface area contributed by atoms with E-state index in [2.05, 4.69) is 10.6 Å². The number of hydrogen-bond donors (Lipinski definition) is 3. The van der Waals surface area contributed by atoms with Crippen LogP contribution >= 0.6 is 0 Å². The highest BCUT2D eigenvalue weighted by Crippen LogP contribution is 2.24. The van der Waals surface area contributed by atoms with Gasteiger partial charge in [0.05, 0.1) is 25.2 Å². The predicted molar refractivity (Wildman–Crippen MR) is 56.5 cm³/mol. The number of rotatable bonds is 6. The van der Waals surface area contributed by atoms with E-state index in [4.69, 9.17) is 9.84 Å². The molecule has 1 heterocycles. The zero-order chi connectivity index (χ0) is 11.1. The van der Waals surface area contributed by atoms with Gasteiger partial charge in [0.15, 0.2) is 0 Å². The number of aliphatic hydroxyl groups excluding tert-OH is 1. The van der Waals surface area contributed by atoms with E-state index in [9.17, 15) is 4.79 Å². The van der Waals surface area contributed by atoms with E-state index in [-0.39, 0.29) is 17.9 Å². The van der Waals surface area contributed by atoms with Crippen LogP contribution in [-0.2, 0) is 9.53 Å². The van der Waals surface area contributed by atoms with E-state index < -0.39 is 0 Å². The molecule has 1 saturated heterocycles. The highest BCUT2D eigenvalue weighted by Gasteiger charge is 2.35. The van der Waals surface area contributed by atoms with Crippen LogP contribution in [0.2, 0.25) is 0 Å². The minimum absolute atomic E-state index is 0.0234. The molecule has 0 radical (unpaired) electrons. The second kappa shape index (κ2) is 6.05. The number of aliphatic hydroxyl groups is 1. The van der Waals surface area contributed by atoms with Gasteiger partial charge in [0.1, 0.15) is 0 Å². The number of ether oxygens (including phenoxy) is 1. The third kappa shape index (κ3) is 3.77. The van der Waals surface area contributed by atoms with Crippen molar-refractivity contribution in [2.45, 2.75) is 13.3 Å². The Kier molecular flexibility index (Phi) is 5.01. The molecule has 0 aliphatic carbocycles. The summed E-state index contributed by atoms with van der Waals surface area (Å²) >= 11 is 0. The summed E-state index contributed by atoms with van der Waals surface area (Å²) in [5.41, 5.74) is -0.267. The Hall–Kier alpha value is -0.650. The predicted octanol–water partition coefficient (Wildman–Crippen LogP) is -0.889. The van der Waals surface area contributed by atoms with Crippen LogP contribution in [0.25, 0.3) is 0 Å². The fourth-order valence-corrected chi connectivity index (χ4v) is 1.63. The first-order valence-electron chi connectivity index (χ1n) is 5.37. The van der Waals surface area contributed by atoms with Gasteiger partial charge >= 0.3 is 0 Å². The van der Waals surface area contributed by atoms with Crippen molar-refractivity contribution in [1.82, 2.24) is 10.6 Å². The van der Waals surface area contributed by atoms with Gasteiger partial charge < -0.3 is 20.5 Å². The summed E-state index contributed by atoms with van der Waals surface area (Å²) in [6.07, 6.45) is 0.885. The van der Waals surface area contributed by atoms with Gasteiger partial charge in [-0.1, -0.05) is 0 Å². The summed E-state index contributed by atoms with van der Waals surface area (Å²) in [6, 6.07) is 0. The van der Waals surface area contributed by atoms with Crippen LogP contribution in [0.15, 0.2) is 0 Å². The minimum Gasteiger partial charge on any atom is -0.394 e. The molecule has 88 valence electrons. The van der Waals surface area contributed by atoms with Crippen molar-refractivity contribution < 1.29 is 14.6 Å². The maximum Gasteiger partial charge on any atom is 0.227 e. The van der Waals surface area contributed by atoms with Gasteiger partial charge in [-0.3, -0.25) is 4.79 Å². The van der Waals surface area contributed by atoms with Gasteiger partial charge in [-0.05, 0) is 19.9 Å². The molecule has 1 unspecified atom stereocenters. The van der Waals surface area contributed by atoms with E-state index in [1.165, 1.54) is 0 Å². The van der Waals surface area contributed by atoms with E-state index in [1.807, 2.05) is 6.92 Å². The van der Waals surface area contributed by atoms with Gasteiger partial charge in [0.2, 0.25) is 5.91 Å². The molecule has 0 aromatic heterocycles. The van der Waals surface area contributed by atoms with Crippen molar-refractivity contribution in [3.8, 4) is 0 Å². The van der Waals surface area contributed by atoms with Crippen LogP contribution in [0.4, 0.5) is 0 Å². The van der Waals surface area contributed by atoms with Crippen molar-refractivity contribution in [3.63, 3.8) is 0 Å². The molecule has 1 aliphatic rings. The minimum atomic E-state index is -0.267. The normalized spacial score (nSPS) is 25.5. The lowest BCUT2D eigenvalue weighted by Gasteiger charge is -2.21. The van der Waals surface area contributed by atoms with E-state index >= 15 is 0 Å². The number of carbonyl (C=O) groups excluding carboxylic acids is 1. The monoisotopic (exact) mass is 216 g/mol. The second-order valence-corrected chi connectivity index (χ2v) is 4.08. The zero-order valence-electron chi connectivity index (χ0n) is 9.21. The molecular weight excluding hydrogens is 196 g/mol. The molecule has 1 fully saturated rings. The topological polar surface area (TPSA) is 70.6 Å². The molecule has 1 amide bonds. The number of nitrogens with one attached hydrogen (secondary N) is 2. The quantitative estimate of drug-likeness (QED) is 0.504. The molecule has 15 heavy (non-hydrogen) atoms. The first-order valence-corrected chi connectivity index (χ1v) is 5.37. The fraction of sp³-hybridized carbons (Fsp3) is 0.900. The molecule has 1 atom stereocenters. The van der Waals surface area contributed by atoms with Crippen molar-refractivity contribution >= 4 is 5.91 Å². The molecule has 5 heteroatoms. The number of carbonyl (C=O) groups is 1. The van der Waals surface area contributed by atoms with E-state index in [1.54, 1.807) is 0 Å². The van der Waals surface area contributed by atoms with Crippen LogP contribution in [-0.4, -0.2) is 50.5 Å². The van der Waals surface area contributed by atoms with Crippen LogP contribution in [0.3, 0.4) is 0 Å². The highest BCUT2D eigenvalue weighted by molar-refractivity contribution is 5.82. The third-order valence-electron chi connectivity index (χ3n) is 2.68. The van der Waals surface area contributed by atoms with Crippen LogP contribution in [0.5, 0.6) is 0 Å². The SMILES string of the molecule is CC1(C(=O)NCCOCCO)CCNC1. The second-order valence-electron chi connectivity index (χ2n) is 4.08. The van der Waals surface area contributed by atoms with Gasteiger partial charge in [-0.25, -0.2) is 0 Å². The Balaban J connectivity index is 2.12. The summed E-state index contributed by atoms with van der Waals surface area (Å²) in [7, 11) is 0. The molecule has 0 aromatic rings. The van der Waals surface area contributed by atoms with Crippen LogP contribution < -0.4 is 10.6 Å². The fourth-order valence-electron chi connectivity index (χ4n) is 1.63. The lowest BCUT2D eigenvalue weighted by molar-refractivity contribution is -0.129. The molecule has 1 rings (SSSR count). The first kappa shape index (κ1) is 12.4. The van der Waals surface area contributed by atoms with Gasteiger partial charge in [-0.2, -0.15) is 0 Å². The molecule has 0 saturated carbocycles. The van der Waals surface area contributed by atoms with E-state index in [0.717, 1.165) is 19.5 Å². The summed E-state index contributed by atoms with van der Waals surface area (Å²) < 4.78 is 5.05. The Morgan fingerprint density at radius 1 is 1.60 bits per heavy atom. The lowest BCUT2D eigenvalue weighted by atomic mass is 9.89. The van der Waals surface area contributed by atoms with Crippen molar-refractivity contribution in [2.75, 3.05) is 39.5 Å². The number of amides is 1. The van der Waals surface area contributed by atoms with Crippen LogP contribution in [0.1, 0.15) is 13.3 Å². The maximum atomic E-state index is 11.7. The molecule has 0 bridgehead atoms. The Morgan fingerprint density at radius 3 is 3.00 bits per heavy atom. The number of hydrogen-bond acceptors (Lipinski definition) is 4. The lowest BCUT2D eigenvalue weighted by Crippen LogP contribution is -2.41. The summed E-state index contributed by atoms with van der Waals surface area (Å²) in [4.78, 5) is 11.7. The largest absolute Gasteiger partial charge is 0.394 e. The summed E-state index contributed by atoms with van der Waals surface area (Å²) in [5, 5.41) is 14.5. The average Bonchev–Trinajstić information content (AvgIpc) is 2.66. The maximum absolute atomic E-state index is 11.7. The molecule has 5 nitrogen and oxygen atoms in total. The summed E-state index contributed by atoms with van der Waals surface area (Å²) in [6.45, 7) is 4.94. The zero-order valence-corrected chi connectivity index (χ0v) is 9.21. The van der Waals surface area contributed by atoms with Crippen molar-refractivity contribution in [2.24, 2.45) is 5.41 Å². The highest BCUT2D eigenvalue weighted by atomic mass is 16.5. The standard InChI is InChI=1S/C10H20N2O3/c1-10(2-3-11-8-10)9(14)12-4-6-15-7-5-13/h11,13H,2-8H2,1H3,(H,12,14). The van der Waals surface area contributed by atoms with E-state index in [0.29, 0.717) is 19.8 Å². The molecule has 3 N–H and O–H groups in total. The molecule has 0 aromatic carbocycles. The Bertz CT molecular complexity index is 203. The van der Waals surface area contributed by atoms with Gasteiger partial charge in [-0.15, -0.1) is 0 Å². The van der Waals surface area contributed by atoms with Crippen molar-refractivity contribution in [3.05, 3.63) is 0 Å². The molecule has 0 spiro atoms. The van der Waals surface area contributed by atoms with Gasteiger partial charge in [0, 0.05) is 13.1 Å². The third-order valence-corrected chi connectivity index (χ3v) is 2.68. The first-order chi connectivity index (χ1) is 7.19. The Labute approximate surface area is 90.2 Å². The Morgan fingerprint density at radius 2 is 2.40 bits per heavy atom. The van der Waals surface area contributed by atoms with Gasteiger partial charge in [0.25, 0.3) is 0 Å². The van der Waals surface area contributed by atoms with Crippen molar-refractivity contribution in [1.29, 1.82) is 0 Å². The smallest absolute Gasteiger partial charge is 0.227 e.